The van der Waals surface area contributed by atoms with Crippen molar-refractivity contribution >= 4 is 164 Å². The van der Waals surface area contributed by atoms with E-state index in [1.165, 1.54) is 64.5 Å². The molecule has 0 saturated carbocycles. The van der Waals surface area contributed by atoms with Crippen LogP contribution in [0.4, 0.5) is 85.2 Å². The number of aliphatic hydroxyl groups is 2. The van der Waals surface area contributed by atoms with Gasteiger partial charge in [0.15, 0.2) is 11.6 Å². The highest BCUT2D eigenvalue weighted by atomic mass is 32.2. The van der Waals surface area contributed by atoms with Crippen LogP contribution in [0.15, 0.2) is 114 Å². The molecule has 2 aliphatic heterocycles. The Labute approximate surface area is 604 Å². The maximum absolute atomic E-state index is 13.8. The first-order chi connectivity index (χ1) is 49.4. The summed E-state index contributed by atoms with van der Waals surface area (Å²) in [5.74, 6) is -0.909. The first-order valence-corrected chi connectivity index (χ1v) is 37.7. The van der Waals surface area contributed by atoms with E-state index >= 15 is 0 Å². The van der Waals surface area contributed by atoms with Crippen molar-refractivity contribution in [3.63, 3.8) is 0 Å². The summed E-state index contributed by atoms with van der Waals surface area (Å²) < 4.78 is 77.8. The number of carbonyl (C=O) groups excluding carboxylic acids is 4. The molecular weight excluding hydrogens is 1410 g/mol. The Morgan fingerprint density at radius 3 is 1.22 bits per heavy atom. The summed E-state index contributed by atoms with van der Waals surface area (Å²) in [6, 6.07) is 16.6. The number of piperidine rings is 2. The third kappa shape index (κ3) is 19.8. The SMILES string of the molecule is CCN(CC)c1cc(Nc2nc(Nc3cc(N(CC)CC)c(OC)cc3/N=N/c3nc(N4CCCCC4)c(/C=C(\C(C)=O)C(=O)Nc4ccc(S(=O)(=O)O)cc4)s3)nc(N(CCO)CCO)n2)c(/N=N/c2nc(N3CCCCC3)c(/C=C(/C(C)=O)C(=O)Nc3ccc(S(=O)(=O)O)cc3)s2)cc1OC. The molecule has 36 heteroatoms. The molecule has 2 aliphatic rings. The van der Waals surface area contributed by atoms with Gasteiger partial charge in [0, 0.05) is 89.0 Å². The van der Waals surface area contributed by atoms with E-state index in [2.05, 4.69) is 51.1 Å². The molecule has 0 radical (unpaired) electrons. The zero-order valence-corrected chi connectivity index (χ0v) is 61.3. The molecule has 2 amide bonds. The van der Waals surface area contributed by atoms with Crippen molar-refractivity contribution < 1.29 is 64.8 Å². The quantitative estimate of drug-likeness (QED) is 0.00623. The predicted molar refractivity (Wildman–Crippen MR) is 398 cm³/mol. The maximum Gasteiger partial charge on any atom is 0.294 e. The van der Waals surface area contributed by atoms with Crippen molar-refractivity contribution in [2.24, 2.45) is 20.5 Å². The number of nitrogens with zero attached hydrogens (tertiary/aromatic N) is 14. The van der Waals surface area contributed by atoms with Crippen molar-refractivity contribution in [2.45, 2.75) is 89.9 Å². The van der Waals surface area contributed by atoms with Crippen LogP contribution < -0.4 is 55.2 Å². The molecular formula is C67H82N18O14S4. The molecule has 548 valence electrons. The number of thiazole rings is 2. The molecule has 5 heterocycles. The van der Waals surface area contributed by atoms with Crippen molar-refractivity contribution in [3.8, 4) is 11.5 Å². The monoisotopic (exact) mass is 1490 g/mol. The normalized spacial score (nSPS) is 13.9. The smallest absolute Gasteiger partial charge is 0.294 e. The van der Waals surface area contributed by atoms with Gasteiger partial charge in [-0.2, -0.15) is 41.8 Å². The van der Waals surface area contributed by atoms with Crippen LogP contribution in [-0.2, 0) is 39.4 Å². The number of Topliss-reactive ketones (excluding diaryl/α,β-unsaturated/α-hetero) is 2. The highest BCUT2D eigenvalue weighted by Gasteiger charge is 2.28. The number of hydrogen-bond donors (Lipinski definition) is 8. The van der Waals surface area contributed by atoms with Crippen LogP contribution >= 0.6 is 22.7 Å². The minimum Gasteiger partial charge on any atom is -0.494 e. The average Bonchev–Trinajstić information content (AvgIpc) is 0.935. The number of hydrogen-bond acceptors (Lipinski definition) is 30. The molecule has 7 aromatic rings. The summed E-state index contributed by atoms with van der Waals surface area (Å²) in [6.45, 7) is 14.6. The summed E-state index contributed by atoms with van der Waals surface area (Å²) in [4.78, 5) is 88.6. The number of aromatic nitrogens is 5. The fourth-order valence-corrected chi connectivity index (χ4v) is 14.0. The number of ether oxygens (including phenoxy) is 2. The van der Waals surface area contributed by atoms with E-state index in [1.807, 2.05) is 27.7 Å². The molecule has 0 atom stereocenters. The molecule has 9 rings (SSSR count). The van der Waals surface area contributed by atoms with Gasteiger partial charge in [-0.1, -0.05) is 22.7 Å². The molecule has 0 aliphatic carbocycles. The van der Waals surface area contributed by atoms with Crippen LogP contribution in [0.5, 0.6) is 11.5 Å². The van der Waals surface area contributed by atoms with Gasteiger partial charge in [0.25, 0.3) is 32.1 Å². The van der Waals surface area contributed by atoms with Crippen molar-refractivity contribution in [2.75, 3.05) is 139 Å². The molecule has 32 nitrogen and oxygen atoms in total. The van der Waals surface area contributed by atoms with E-state index in [-0.39, 0.29) is 98.1 Å². The molecule has 0 bridgehead atoms. The average molecular weight is 1490 g/mol. The third-order valence-electron chi connectivity index (χ3n) is 16.6. The fourth-order valence-electron chi connectivity index (χ4n) is 11.3. The second-order valence-corrected chi connectivity index (χ2v) is 28.3. The van der Waals surface area contributed by atoms with Crippen LogP contribution in [0.2, 0.25) is 0 Å². The van der Waals surface area contributed by atoms with Crippen LogP contribution in [0, 0.1) is 0 Å². The molecule has 2 fully saturated rings. The van der Waals surface area contributed by atoms with E-state index in [4.69, 9.17) is 44.6 Å². The number of nitrogens with one attached hydrogen (secondary N) is 4. The number of anilines is 11. The van der Waals surface area contributed by atoms with Gasteiger partial charge in [0.05, 0.1) is 80.9 Å². The highest BCUT2D eigenvalue weighted by Crippen LogP contribution is 2.45. The number of rotatable bonds is 33. The Bertz CT molecular complexity index is 4290. The lowest BCUT2D eigenvalue weighted by Crippen LogP contribution is -2.31. The predicted octanol–water partition coefficient (Wildman–Crippen LogP) is 11.3. The second kappa shape index (κ2) is 35.3. The number of amides is 2. The highest BCUT2D eigenvalue weighted by molar-refractivity contribution is 7.86. The summed E-state index contributed by atoms with van der Waals surface area (Å²) in [5.41, 5.74) is 2.31. The van der Waals surface area contributed by atoms with Gasteiger partial charge < -0.3 is 65.5 Å². The minimum atomic E-state index is -4.51. The van der Waals surface area contributed by atoms with E-state index in [9.17, 15) is 55.3 Å². The molecule has 0 spiro atoms. The van der Waals surface area contributed by atoms with E-state index < -0.39 is 43.6 Å². The Kier molecular flexibility index (Phi) is 26.5. The largest absolute Gasteiger partial charge is 0.494 e. The van der Waals surface area contributed by atoms with Gasteiger partial charge >= 0.3 is 0 Å². The van der Waals surface area contributed by atoms with Crippen LogP contribution in [0.25, 0.3) is 12.2 Å². The molecule has 103 heavy (non-hydrogen) atoms. The first-order valence-electron chi connectivity index (χ1n) is 33.2. The Morgan fingerprint density at radius 2 is 0.903 bits per heavy atom. The third-order valence-corrected chi connectivity index (χ3v) is 20.1. The Hall–Kier alpha value is -9.95. The van der Waals surface area contributed by atoms with Gasteiger partial charge in [-0.15, -0.1) is 20.5 Å². The van der Waals surface area contributed by atoms with Crippen molar-refractivity contribution in [1.29, 1.82) is 0 Å². The van der Waals surface area contributed by atoms with Gasteiger partial charge in [-0.25, -0.2) is 0 Å². The summed E-state index contributed by atoms with van der Waals surface area (Å²) in [7, 11) is -5.96. The first kappa shape index (κ1) is 77.2. The number of benzene rings is 4. The zero-order chi connectivity index (χ0) is 74.1. The Balaban J connectivity index is 1.13. The number of carbonyl (C=O) groups is 4. The number of methoxy groups -OCH3 is 2. The summed E-state index contributed by atoms with van der Waals surface area (Å²) in [5, 5.41) is 51.9. The Morgan fingerprint density at radius 1 is 0.534 bits per heavy atom. The van der Waals surface area contributed by atoms with Gasteiger partial charge in [0.2, 0.25) is 28.1 Å². The standard InChI is InChI=1S/C67H82N18O14S4/c1-9-81(10-2)53-37-49(51(39-55(53)98-7)77-79-66-72-59(83-27-15-13-16-28-83)57(100-66)35-47(41(5)88)61(90)68-43-19-23-45(24-20-43)102(92,93)94)70-63-74-64(76-65(75-63)85(31-33-86)32-34-87)71-50-38-54(82(11-3)12-4)56(99-8)40-52(50)78-80-67-73-60(84-29-17-14-18-30-84)58(101-67)36-48(42(6)89)62(91)69-44-21-25-46(26-22-44)103(95,96)97/h19-26,35-40,86-87H,9-18,27-34H2,1-8H3,(H,68,90)(H,69,91)(H,92,93,94)(H,95,96,97)(H2,70,71,74,75,76)/b47-35-,48-36+,79-77+,80-78+. The topological polar surface area (TPSA) is 414 Å². The van der Waals surface area contributed by atoms with Crippen LogP contribution in [-0.4, -0.2) is 177 Å². The fraction of sp³-hybridized carbons (Fsp3) is 0.388. The maximum atomic E-state index is 13.8. The van der Waals surface area contributed by atoms with Gasteiger partial charge in [-0.05, 0) is 153 Å². The molecule has 0 unspecified atom stereocenters. The lowest BCUT2D eigenvalue weighted by atomic mass is 10.1. The lowest BCUT2D eigenvalue weighted by molar-refractivity contribution is -0.120. The second-order valence-electron chi connectivity index (χ2n) is 23.4. The van der Waals surface area contributed by atoms with Crippen LogP contribution in [0.1, 0.15) is 89.8 Å². The lowest BCUT2D eigenvalue weighted by Gasteiger charge is -2.27. The van der Waals surface area contributed by atoms with Crippen LogP contribution in [0.3, 0.4) is 0 Å². The molecule has 4 aromatic carbocycles. The number of ketones is 2. The number of aliphatic hydroxyl groups excluding tert-OH is 2. The van der Waals surface area contributed by atoms with Gasteiger partial charge in [0.1, 0.15) is 34.5 Å². The summed E-state index contributed by atoms with van der Waals surface area (Å²) in [6.07, 6.45) is 8.31. The summed E-state index contributed by atoms with van der Waals surface area (Å²) >= 11 is 2.17. The van der Waals surface area contributed by atoms with E-state index in [1.54, 1.807) is 29.2 Å². The van der Waals surface area contributed by atoms with Gasteiger partial charge in [-0.3, -0.25) is 28.3 Å². The van der Waals surface area contributed by atoms with Crippen molar-refractivity contribution in [3.05, 3.63) is 93.7 Å². The number of azo groups is 2. The molecule has 3 aromatic heterocycles. The molecule has 2 saturated heterocycles. The minimum absolute atomic E-state index is 0.00141. The van der Waals surface area contributed by atoms with Crippen molar-refractivity contribution in [1.82, 2.24) is 24.9 Å². The molecule has 8 N–H and O–H groups in total. The zero-order valence-electron chi connectivity index (χ0n) is 58.1. The van der Waals surface area contributed by atoms with E-state index in [0.717, 1.165) is 85.5 Å². The van der Waals surface area contributed by atoms with E-state index in [0.29, 0.717) is 108 Å².